The fourth-order valence-corrected chi connectivity index (χ4v) is 3.92. The Morgan fingerprint density at radius 3 is 1.65 bits per heavy atom. The summed E-state index contributed by atoms with van der Waals surface area (Å²) in [5.41, 5.74) is 0. The molecule has 0 atom stereocenters. The Morgan fingerprint density at radius 1 is 0.800 bits per heavy atom. The second kappa shape index (κ2) is 8.96. The highest BCUT2D eigenvalue weighted by Gasteiger charge is 2.42. The quantitative estimate of drug-likeness (QED) is 0.622. The molecule has 0 radical (unpaired) electrons. The average Bonchev–Trinajstić information content (AvgIpc) is 2.46. The maximum absolute atomic E-state index is 5.76. The summed E-state index contributed by atoms with van der Waals surface area (Å²) in [6.07, 6.45) is 0.300. The number of methoxy groups -OCH3 is 1. The van der Waals surface area contributed by atoms with Crippen molar-refractivity contribution in [3.8, 4) is 11.5 Å². The fraction of sp³-hybridized carbons (Fsp3) is 0.571. The molecule has 1 aromatic rings. The summed E-state index contributed by atoms with van der Waals surface area (Å²) in [6, 6.07) is 7.39. The maximum atomic E-state index is 5.76. The van der Waals surface area contributed by atoms with Crippen LogP contribution in [0.25, 0.3) is 0 Å². The zero-order valence-electron chi connectivity index (χ0n) is 12.7. The third-order valence-corrected chi connectivity index (χ3v) is 5.25. The van der Waals surface area contributed by atoms with Gasteiger partial charge in [-0.3, -0.25) is 0 Å². The van der Waals surface area contributed by atoms with Crippen LogP contribution in [0.3, 0.4) is 0 Å². The van der Waals surface area contributed by atoms with Gasteiger partial charge in [-0.25, -0.2) is 0 Å². The molecule has 0 bridgehead atoms. The second-order valence-electron chi connectivity index (χ2n) is 3.95. The summed E-state index contributed by atoms with van der Waals surface area (Å²) < 4.78 is 28.0. The van der Waals surface area contributed by atoms with Gasteiger partial charge in [0.2, 0.25) is 0 Å². The summed E-state index contributed by atoms with van der Waals surface area (Å²) in [5, 5.41) is 0. The van der Waals surface area contributed by atoms with Crippen molar-refractivity contribution >= 4 is 8.80 Å². The van der Waals surface area contributed by atoms with E-state index in [2.05, 4.69) is 0 Å². The fourth-order valence-electron chi connectivity index (χ4n) is 1.75. The van der Waals surface area contributed by atoms with Crippen LogP contribution in [-0.2, 0) is 13.3 Å². The summed E-state index contributed by atoms with van der Waals surface area (Å²) >= 11 is 0. The maximum Gasteiger partial charge on any atom is 0.540 e. The first kappa shape index (κ1) is 17.0. The van der Waals surface area contributed by atoms with Crippen molar-refractivity contribution in [1.29, 1.82) is 0 Å². The second-order valence-corrected chi connectivity index (χ2v) is 6.47. The van der Waals surface area contributed by atoms with E-state index in [-0.39, 0.29) is 0 Å². The summed E-state index contributed by atoms with van der Waals surface area (Å²) in [6.45, 7) is 7.39. The van der Waals surface area contributed by atoms with Crippen molar-refractivity contribution in [1.82, 2.24) is 0 Å². The van der Waals surface area contributed by atoms with Gasteiger partial charge < -0.3 is 22.8 Å². The van der Waals surface area contributed by atoms with Gasteiger partial charge in [0.1, 0.15) is 11.5 Å². The van der Waals surface area contributed by atoms with Crippen LogP contribution in [0.15, 0.2) is 24.3 Å². The highest BCUT2D eigenvalue weighted by atomic mass is 28.4. The van der Waals surface area contributed by atoms with E-state index >= 15 is 0 Å². The van der Waals surface area contributed by atoms with E-state index in [1.807, 2.05) is 45.0 Å². The summed E-state index contributed by atoms with van der Waals surface area (Å²) in [7, 11) is -1.12. The van der Waals surface area contributed by atoms with Crippen molar-refractivity contribution < 1.29 is 22.8 Å². The largest absolute Gasteiger partial charge is 0.540 e. The van der Waals surface area contributed by atoms with E-state index in [0.29, 0.717) is 26.1 Å². The molecule has 1 aromatic carbocycles. The Morgan fingerprint density at radius 2 is 1.25 bits per heavy atom. The van der Waals surface area contributed by atoms with Crippen molar-refractivity contribution in [2.75, 3.05) is 33.2 Å². The molecule has 0 fully saturated rings. The Labute approximate surface area is 122 Å². The molecule has 0 spiro atoms. The van der Waals surface area contributed by atoms with Crippen LogP contribution in [0, 0.1) is 0 Å². The lowest BCUT2D eigenvalue weighted by molar-refractivity contribution is 0.0541. The van der Waals surface area contributed by atoms with Gasteiger partial charge >= 0.3 is 8.80 Å². The van der Waals surface area contributed by atoms with Crippen LogP contribution in [0.5, 0.6) is 11.5 Å². The zero-order chi connectivity index (χ0) is 14.8. The van der Waals surface area contributed by atoms with Gasteiger partial charge in [-0.15, -0.1) is 0 Å². The molecule has 0 aliphatic heterocycles. The predicted molar refractivity (Wildman–Crippen MR) is 79.1 cm³/mol. The van der Waals surface area contributed by atoms with Crippen LogP contribution >= 0.6 is 0 Å². The molecule has 0 aliphatic carbocycles. The number of benzene rings is 1. The molecule has 6 heteroatoms. The monoisotopic (exact) mass is 300 g/mol. The first-order valence-electron chi connectivity index (χ1n) is 6.88. The normalized spacial score (nSPS) is 11.4. The highest BCUT2D eigenvalue weighted by Crippen LogP contribution is 2.19. The summed E-state index contributed by atoms with van der Waals surface area (Å²) in [4.78, 5) is 0. The Hall–Kier alpha value is -1.08. The third kappa shape index (κ3) is 5.13. The van der Waals surface area contributed by atoms with Crippen LogP contribution in [-0.4, -0.2) is 42.0 Å². The smallest absolute Gasteiger partial charge is 0.497 e. The van der Waals surface area contributed by atoms with Gasteiger partial charge in [0, 0.05) is 19.8 Å². The van der Waals surface area contributed by atoms with Crippen molar-refractivity contribution in [2.24, 2.45) is 0 Å². The predicted octanol–water partition coefficient (Wildman–Crippen LogP) is 2.66. The molecule has 0 heterocycles. The minimum Gasteiger partial charge on any atom is -0.497 e. The molecule has 0 aromatic heterocycles. The van der Waals surface area contributed by atoms with Gasteiger partial charge in [-0.2, -0.15) is 0 Å². The molecule has 5 nitrogen and oxygen atoms in total. The van der Waals surface area contributed by atoms with Gasteiger partial charge in [-0.1, -0.05) is 0 Å². The molecule has 20 heavy (non-hydrogen) atoms. The van der Waals surface area contributed by atoms with Gasteiger partial charge in [-0.05, 0) is 45.0 Å². The third-order valence-electron chi connectivity index (χ3n) is 2.57. The molecule has 0 aliphatic rings. The molecule has 114 valence electrons. The molecule has 1 rings (SSSR count). The van der Waals surface area contributed by atoms with E-state index < -0.39 is 8.80 Å². The van der Waals surface area contributed by atoms with Crippen LogP contribution in [0.4, 0.5) is 0 Å². The van der Waals surface area contributed by atoms with Gasteiger partial charge in [0.25, 0.3) is 0 Å². The van der Waals surface area contributed by atoms with E-state index in [9.17, 15) is 0 Å². The van der Waals surface area contributed by atoms with Crippen LogP contribution in [0.2, 0.25) is 0 Å². The number of ether oxygens (including phenoxy) is 2. The van der Waals surface area contributed by atoms with Crippen LogP contribution < -0.4 is 9.47 Å². The molecular weight excluding hydrogens is 276 g/mol. The minimum absolute atomic E-state index is 0.300. The average molecular weight is 300 g/mol. The first-order valence-corrected chi connectivity index (χ1v) is 8.81. The van der Waals surface area contributed by atoms with Gasteiger partial charge in [0.05, 0.1) is 7.11 Å². The molecule has 0 saturated heterocycles. The summed E-state index contributed by atoms with van der Waals surface area (Å²) in [5.74, 6) is 1.53. The van der Waals surface area contributed by atoms with Crippen molar-refractivity contribution in [3.63, 3.8) is 0 Å². The number of hydrogen-bond donors (Lipinski definition) is 0. The van der Waals surface area contributed by atoms with Gasteiger partial charge in [0.15, 0.2) is 6.23 Å². The zero-order valence-corrected chi connectivity index (χ0v) is 13.7. The Kier molecular flexibility index (Phi) is 7.61. The van der Waals surface area contributed by atoms with Crippen LogP contribution in [0.1, 0.15) is 20.8 Å². The lowest BCUT2D eigenvalue weighted by atomic mass is 10.3. The molecule has 0 N–H and O–H groups in total. The Balaban J connectivity index is 2.67. The van der Waals surface area contributed by atoms with E-state index in [1.165, 1.54) is 0 Å². The topological polar surface area (TPSA) is 46.2 Å². The van der Waals surface area contributed by atoms with Crippen molar-refractivity contribution in [3.05, 3.63) is 24.3 Å². The lowest BCUT2D eigenvalue weighted by Crippen LogP contribution is -2.51. The van der Waals surface area contributed by atoms with E-state index in [0.717, 1.165) is 11.5 Å². The highest BCUT2D eigenvalue weighted by molar-refractivity contribution is 6.60. The van der Waals surface area contributed by atoms with E-state index in [4.69, 9.17) is 22.8 Å². The molecule has 0 saturated carbocycles. The molecule has 0 amide bonds. The minimum atomic E-state index is -2.75. The van der Waals surface area contributed by atoms with E-state index in [1.54, 1.807) is 7.11 Å². The number of hydrogen-bond acceptors (Lipinski definition) is 5. The van der Waals surface area contributed by atoms with Crippen molar-refractivity contribution in [2.45, 2.75) is 20.8 Å². The molecular formula is C14H24O5Si. The number of rotatable bonds is 10. The lowest BCUT2D eigenvalue weighted by Gasteiger charge is -2.28. The standard InChI is InChI=1S/C14H24O5Si/c1-5-17-20(18-6-2,19-7-3)12-16-14-10-8-13(15-4)9-11-14/h8-11H,5-7,12H2,1-4H3. The Bertz CT molecular complexity index is 351. The first-order chi connectivity index (χ1) is 9.69. The SMILES string of the molecule is CCO[Si](COc1ccc(OC)cc1)(OCC)OCC. The molecule has 0 unspecified atom stereocenters.